The zero-order valence-corrected chi connectivity index (χ0v) is 21.6. The number of hydrogen-bond donors (Lipinski definition) is 5. The van der Waals surface area contributed by atoms with E-state index in [1.165, 1.54) is 10.9 Å². The highest BCUT2D eigenvalue weighted by Crippen LogP contribution is 2.66. The van der Waals surface area contributed by atoms with Gasteiger partial charge in [-0.05, 0) is 24.1 Å². The Bertz CT molecular complexity index is 1420. The molecular weight excluding hydrogens is 581 g/mol. The van der Waals surface area contributed by atoms with E-state index in [0.717, 1.165) is 6.92 Å². The molecule has 3 rings (SSSR count). The third-order valence-electron chi connectivity index (χ3n) is 4.68. The Labute approximate surface area is 211 Å². The highest BCUT2D eigenvalue weighted by molar-refractivity contribution is 7.66. The Morgan fingerprint density at radius 3 is 2.45 bits per heavy atom. The number of anilines is 1. The van der Waals surface area contributed by atoms with Crippen molar-refractivity contribution >= 4 is 40.3 Å². The summed E-state index contributed by atoms with van der Waals surface area (Å²) in [5.41, 5.74) is 23.8. The molecule has 2 aromatic heterocycles. The molecule has 0 amide bonds. The van der Waals surface area contributed by atoms with E-state index in [2.05, 4.69) is 43.2 Å². The third-order valence-corrected chi connectivity index (χ3v) is 8.49. The number of hydrogen-bond acceptors (Lipinski definition) is 13. The average Bonchev–Trinajstić information content (AvgIpc) is 3.34. The molecule has 0 aliphatic carbocycles. The summed E-state index contributed by atoms with van der Waals surface area (Å²) in [6.45, 7) is 0.224. The number of fused-ring (bicyclic) bond motifs is 1. The first-order valence-electron chi connectivity index (χ1n) is 9.88. The monoisotopic (exact) mass is 600 g/mol. The van der Waals surface area contributed by atoms with Crippen LogP contribution in [0.1, 0.15) is 19.6 Å². The third kappa shape index (κ3) is 7.70. The smallest absolute Gasteiger partial charge is 0.383 e. The van der Waals surface area contributed by atoms with Gasteiger partial charge in [-0.2, -0.15) is 8.62 Å². The molecule has 1 saturated heterocycles. The summed E-state index contributed by atoms with van der Waals surface area (Å²) in [6, 6.07) is 1.59. The molecule has 3 unspecified atom stereocenters. The Balaban J connectivity index is 1.85. The van der Waals surface area contributed by atoms with Gasteiger partial charge in [0.2, 0.25) is 5.85 Å². The van der Waals surface area contributed by atoms with Crippen LogP contribution in [0.4, 0.5) is 5.82 Å². The molecule has 0 spiro atoms. The van der Waals surface area contributed by atoms with Crippen LogP contribution in [0.5, 0.6) is 0 Å². The van der Waals surface area contributed by atoms with Gasteiger partial charge in [0.05, 0.1) is 18.1 Å². The highest BCUT2D eigenvalue weighted by Gasteiger charge is 2.45. The summed E-state index contributed by atoms with van der Waals surface area (Å²) in [5, 5.41) is 7.06. The van der Waals surface area contributed by atoms with Crippen LogP contribution in [0.15, 0.2) is 28.8 Å². The lowest BCUT2D eigenvalue weighted by Gasteiger charge is -2.26. The largest absolute Gasteiger partial charge is 0.490 e. The molecule has 0 bridgehead atoms. The molecule has 2 aromatic rings. The van der Waals surface area contributed by atoms with E-state index in [4.69, 9.17) is 36.1 Å². The molecule has 5 atom stereocenters. The molecule has 6 N–H and O–H groups in total. The predicted molar refractivity (Wildman–Crippen MR) is 122 cm³/mol. The van der Waals surface area contributed by atoms with Crippen LogP contribution in [0.3, 0.4) is 0 Å². The number of phosphoric acid groups is 3. The number of azide groups is 1. The predicted octanol–water partition coefficient (Wildman–Crippen LogP) is 2.32. The van der Waals surface area contributed by atoms with Gasteiger partial charge in [0.25, 0.3) is 0 Å². The van der Waals surface area contributed by atoms with Gasteiger partial charge >= 0.3 is 23.5 Å². The lowest BCUT2D eigenvalue weighted by molar-refractivity contribution is -0.113. The van der Waals surface area contributed by atoms with E-state index in [-0.39, 0.29) is 12.2 Å². The summed E-state index contributed by atoms with van der Waals surface area (Å²) in [5.74, 6) is -1.95. The second-order valence-electron chi connectivity index (χ2n) is 7.44. The molecule has 1 aliphatic rings. The first kappa shape index (κ1) is 29.9. The van der Waals surface area contributed by atoms with Gasteiger partial charge in [0.1, 0.15) is 30.1 Å². The quantitative estimate of drug-likeness (QED) is 0.101. The summed E-state index contributed by atoms with van der Waals surface area (Å²) in [7, 11) is -16.9. The van der Waals surface area contributed by atoms with Gasteiger partial charge in [0.15, 0.2) is 0 Å². The van der Waals surface area contributed by atoms with Crippen molar-refractivity contribution in [1.82, 2.24) is 14.5 Å². The normalized spacial score (nSPS) is 24.5. The second kappa shape index (κ2) is 11.2. The molecule has 0 radical (unpaired) electrons. The van der Waals surface area contributed by atoms with Crippen molar-refractivity contribution in [3.05, 3.63) is 39.5 Å². The van der Waals surface area contributed by atoms with Crippen LogP contribution in [0, 0.1) is 0 Å². The van der Waals surface area contributed by atoms with Crippen LogP contribution in [0.25, 0.3) is 31.9 Å². The van der Waals surface area contributed by atoms with Crippen molar-refractivity contribution in [2.45, 2.75) is 37.6 Å². The number of nitrogens with two attached hydrogens (primary N) is 1. The van der Waals surface area contributed by atoms with Gasteiger partial charge in [-0.1, -0.05) is 10.2 Å². The summed E-state index contributed by atoms with van der Waals surface area (Å²) in [6.07, 6.45) is -0.738. The standard InChI is InChI=1S/C13H19N10O12P3/c1-13(19-21-15,20-22-16)33-8-4-10(23-3-2-7-11(14)17-6-18-12(7)23)32-9(8)5-31-37(27,28)35-38(29,30)34-36(24,25)26/h2-3,6,8-10H,4-5H2,1H3,(H,27,28)(H,29,30)(H2,14,17,18)(H2,24,25,26)/t8?,9-,10-/m1/s1. The lowest BCUT2D eigenvalue weighted by Crippen LogP contribution is -2.36. The van der Waals surface area contributed by atoms with Gasteiger partial charge in [-0.3, -0.25) is 4.52 Å². The summed E-state index contributed by atoms with van der Waals surface area (Å²) >= 11 is 0. The van der Waals surface area contributed by atoms with Crippen molar-refractivity contribution in [2.75, 3.05) is 12.3 Å². The number of phosphoric ester groups is 1. The minimum Gasteiger partial charge on any atom is -0.383 e. The minimum atomic E-state index is -5.76. The molecule has 0 saturated carbocycles. The maximum atomic E-state index is 12.2. The maximum Gasteiger partial charge on any atom is 0.490 e. The number of ether oxygens (including phenoxy) is 2. The molecule has 1 fully saturated rings. The van der Waals surface area contributed by atoms with Crippen molar-refractivity contribution in [3.63, 3.8) is 0 Å². The molecule has 38 heavy (non-hydrogen) atoms. The van der Waals surface area contributed by atoms with E-state index < -0.39 is 54.4 Å². The highest BCUT2D eigenvalue weighted by atomic mass is 31.3. The van der Waals surface area contributed by atoms with Crippen LogP contribution >= 0.6 is 23.5 Å². The topological polar surface area (TPSA) is 333 Å². The van der Waals surface area contributed by atoms with Gasteiger partial charge in [0, 0.05) is 22.4 Å². The molecule has 0 aromatic carbocycles. The Morgan fingerprint density at radius 1 is 1.18 bits per heavy atom. The van der Waals surface area contributed by atoms with Crippen molar-refractivity contribution in [2.24, 2.45) is 10.2 Å². The Hall–Kier alpha value is -2.63. The molecule has 1 aliphatic heterocycles. The molecular formula is C13H19N10O12P3. The first-order valence-corrected chi connectivity index (χ1v) is 14.4. The van der Waals surface area contributed by atoms with E-state index in [0.29, 0.717) is 11.0 Å². The van der Waals surface area contributed by atoms with E-state index in [1.807, 2.05) is 0 Å². The van der Waals surface area contributed by atoms with Crippen molar-refractivity contribution in [3.8, 4) is 0 Å². The van der Waals surface area contributed by atoms with Crippen LogP contribution in [-0.2, 0) is 36.3 Å². The van der Waals surface area contributed by atoms with Crippen LogP contribution in [-0.4, -0.2) is 58.8 Å². The average molecular weight is 600 g/mol. The minimum absolute atomic E-state index is 0.0738. The van der Waals surface area contributed by atoms with E-state index in [1.54, 1.807) is 12.3 Å². The molecule has 3 heterocycles. The Morgan fingerprint density at radius 2 is 1.84 bits per heavy atom. The van der Waals surface area contributed by atoms with Gasteiger partial charge in [-0.25, -0.2) is 23.7 Å². The SMILES string of the molecule is CC(N=[N+]=[N-])(N=[N+]=[N-])OC1C[C@H](n2ccc3c(N)ncnc32)O[C@@H]1COP(=O)(O)OP(=O)(O)OP(=O)(O)O. The lowest BCUT2D eigenvalue weighted by atomic mass is 10.2. The number of nitrogens with zero attached hydrogens (tertiary/aromatic N) is 9. The number of aromatic nitrogens is 3. The fourth-order valence-corrected chi connectivity index (χ4v) is 6.39. The van der Waals surface area contributed by atoms with Crippen LogP contribution in [0.2, 0.25) is 0 Å². The maximum absolute atomic E-state index is 12.2. The van der Waals surface area contributed by atoms with Gasteiger partial charge in [-0.15, -0.1) is 0 Å². The van der Waals surface area contributed by atoms with E-state index >= 15 is 0 Å². The summed E-state index contributed by atoms with van der Waals surface area (Å²) in [4.78, 5) is 49.5. The fraction of sp³-hybridized carbons (Fsp3) is 0.538. The first-order chi connectivity index (χ1) is 17.6. The van der Waals surface area contributed by atoms with Crippen molar-refractivity contribution < 1.29 is 55.9 Å². The molecule has 25 heteroatoms. The molecule has 22 nitrogen and oxygen atoms in total. The fourth-order valence-electron chi connectivity index (χ4n) is 3.36. The van der Waals surface area contributed by atoms with Crippen LogP contribution < -0.4 is 5.73 Å². The zero-order valence-electron chi connectivity index (χ0n) is 18.9. The molecule has 208 valence electrons. The number of nitrogen functional groups attached to an aromatic ring is 1. The zero-order chi connectivity index (χ0) is 28.4. The summed E-state index contributed by atoms with van der Waals surface area (Å²) < 4.78 is 59.5. The Kier molecular flexibility index (Phi) is 8.84. The number of rotatable bonds is 12. The second-order valence-corrected chi connectivity index (χ2v) is 11.9. The van der Waals surface area contributed by atoms with Gasteiger partial charge < -0.3 is 39.3 Å². The van der Waals surface area contributed by atoms with E-state index in [9.17, 15) is 23.5 Å². The van der Waals surface area contributed by atoms with Crippen molar-refractivity contribution in [1.29, 1.82) is 0 Å².